The first-order valence-electron chi connectivity index (χ1n) is 6.68. The van der Waals surface area contributed by atoms with Crippen LogP contribution in [-0.2, 0) is 5.41 Å². The average Bonchev–Trinajstić information content (AvgIpc) is 2.47. The summed E-state index contributed by atoms with van der Waals surface area (Å²) in [7, 11) is 0. The number of ketones is 1. The molecule has 0 bridgehead atoms. The molecule has 0 saturated heterocycles. The topological polar surface area (TPSA) is 17.1 Å². The van der Waals surface area contributed by atoms with Crippen LogP contribution in [-0.4, -0.2) is 5.78 Å². The summed E-state index contributed by atoms with van der Waals surface area (Å²) in [5.41, 5.74) is 1.82. The molecule has 0 amide bonds. The molecular weight excluding hydrogens is 232 g/mol. The Bertz CT molecular complexity index is 540. The van der Waals surface area contributed by atoms with Crippen molar-refractivity contribution in [2.75, 3.05) is 0 Å². The molecule has 1 atom stereocenters. The van der Waals surface area contributed by atoms with Crippen molar-refractivity contribution in [3.05, 3.63) is 71.8 Å². The number of carbonyl (C=O) groups excluding carboxylic acids is 1. The van der Waals surface area contributed by atoms with Crippen LogP contribution in [0.4, 0.5) is 0 Å². The fraction of sp³-hybridized carbons (Fsp3) is 0.278. The number of rotatable bonds is 4. The van der Waals surface area contributed by atoms with E-state index < -0.39 is 0 Å². The lowest BCUT2D eigenvalue weighted by molar-refractivity contribution is 0.0879. The second-order valence-electron chi connectivity index (χ2n) is 5.54. The number of hydrogen-bond acceptors (Lipinski definition) is 1. The Morgan fingerprint density at radius 1 is 0.895 bits per heavy atom. The zero-order chi connectivity index (χ0) is 13.9. The van der Waals surface area contributed by atoms with Crippen LogP contribution in [0.1, 0.15) is 36.7 Å². The van der Waals surface area contributed by atoms with E-state index in [0.29, 0.717) is 0 Å². The number of carbonyl (C=O) groups is 1. The second-order valence-corrected chi connectivity index (χ2v) is 5.54. The molecule has 98 valence electrons. The molecule has 0 aliphatic carbocycles. The van der Waals surface area contributed by atoms with Gasteiger partial charge in [-0.2, -0.15) is 0 Å². The number of Topliss-reactive ketones (excluding diaryl/α,β-unsaturated/α-hetero) is 1. The summed E-state index contributed by atoms with van der Waals surface area (Å²) < 4.78 is 0. The van der Waals surface area contributed by atoms with Crippen molar-refractivity contribution in [2.45, 2.75) is 26.2 Å². The van der Waals surface area contributed by atoms with Crippen LogP contribution in [0, 0.1) is 5.92 Å². The van der Waals surface area contributed by atoms with Crippen LogP contribution in [0.3, 0.4) is 0 Å². The van der Waals surface area contributed by atoms with Crippen LogP contribution in [0.15, 0.2) is 60.7 Å². The molecule has 0 aromatic heterocycles. The summed E-state index contributed by atoms with van der Waals surface area (Å²) in [6, 6.07) is 19.8. The molecule has 0 aliphatic rings. The monoisotopic (exact) mass is 252 g/mol. The summed E-state index contributed by atoms with van der Waals surface area (Å²) in [6.45, 7) is 6.28. The van der Waals surface area contributed by atoms with Gasteiger partial charge in [-0.1, -0.05) is 81.4 Å². The molecule has 2 aromatic rings. The normalized spacial score (nSPS) is 13.0. The van der Waals surface area contributed by atoms with Gasteiger partial charge in [-0.15, -0.1) is 0 Å². The first-order chi connectivity index (χ1) is 9.03. The van der Waals surface area contributed by atoms with Crippen molar-refractivity contribution in [3.63, 3.8) is 0 Å². The van der Waals surface area contributed by atoms with Crippen LogP contribution >= 0.6 is 0 Å². The minimum absolute atomic E-state index is 0.0581. The van der Waals surface area contributed by atoms with Crippen molar-refractivity contribution in [2.24, 2.45) is 5.92 Å². The molecular formula is C18H20O. The van der Waals surface area contributed by atoms with Gasteiger partial charge in [-0.05, 0) is 11.0 Å². The van der Waals surface area contributed by atoms with E-state index in [4.69, 9.17) is 0 Å². The first-order valence-corrected chi connectivity index (χ1v) is 6.68. The third-order valence-corrected chi connectivity index (χ3v) is 4.05. The number of hydrogen-bond donors (Lipinski definition) is 0. The fourth-order valence-corrected chi connectivity index (χ4v) is 2.30. The molecule has 0 saturated carbocycles. The van der Waals surface area contributed by atoms with E-state index in [1.165, 1.54) is 5.56 Å². The van der Waals surface area contributed by atoms with Gasteiger partial charge in [0.05, 0.1) is 0 Å². The maximum absolute atomic E-state index is 12.6. The molecule has 1 heteroatoms. The fourth-order valence-electron chi connectivity index (χ4n) is 2.30. The third-order valence-electron chi connectivity index (χ3n) is 4.05. The van der Waals surface area contributed by atoms with Crippen LogP contribution in [0.2, 0.25) is 0 Å². The molecule has 0 aliphatic heterocycles. The van der Waals surface area contributed by atoms with Gasteiger partial charge in [0.15, 0.2) is 5.78 Å². The van der Waals surface area contributed by atoms with Crippen LogP contribution in [0.5, 0.6) is 0 Å². The summed E-state index contributed by atoms with van der Waals surface area (Å²) in [5, 5.41) is 0. The second kappa shape index (κ2) is 5.40. The summed E-state index contributed by atoms with van der Waals surface area (Å²) in [4.78, 5) is 12.6. The minimum Gasteiger partial charge on any atom is -0.294 e. The van der Waals surface area contributed by atoms with Crippen molar-refractivity contribution in [1.82, 2.24) is 0 Å². The van der Waals surface area contributed by atoms with Gasteiger partial charge in [0.1, 0.15) is 0 Å². The average molecular weight is 252 g/mol. The van der Waals surface area contributed by atoms with Gasteiger partial charge >= 0.3 is 0 Å². The highest BCUT2D eigenvalue weighted by molar-refractivity contribution is 5.98. The van der Waals surface area contributed by atoms with Gasteiger partial charge in [-0.3, -0.25) is 4.79 Å². The highest BCUT2D eigenvalue weighted by atomic mass is 16.1. The third kappa shape index (κ3) is 2.76. The Hall–Kier alpha value is -1.89. The Labute approximate surface area is 115 Å². The zero-order valence-corrected chi connectivity index (χ0v) is 11.8. The van der Waals surface area contributed by atoms with Gasteiger partial charge < -0.3 is 0 Å². The first kappa shape index (κ1) is 13.5. The largest absolute Gasteiger partial charge is 0.294 e. The Kier molecular flexibility index (Phi) is 3.84. The SMILES string of the molecule is CC(C(=O)c1ccccc1)C(C)(C)c1ccccc1. The quantitative estimate of drug-likeness (QED) is 0.733. The maximum atomic E-state index is 12.6. The molecule has 0 fully saturated rings. The molecule has 0 radical (unpaired) electrons. The van der Waals surface area contributed by atoms with Crippen molar-refractivity contribution in [3.8, 4) is 0 Å². The molecule has 1 nitrogen and oxygen atoms in total. The standard InChI is InChI=1S/C18H20O/c1-14(17(19)15-10-6-4-7-11-15)18(2,3)16-12-8-5-9-13-16/h4-14H,1-3H3. The molecule has 0 N–H and O–H groups in total. The lowest BCUT2D eigenvalue weighted by atomic mass is 9.71. The minimum atomic E-state index is -0.172. The summed E-state index contributed by atoms with van der Waals surface area (Å²) in [5.74, 6) is 0.145. The molecule has 19 heavy (non-hydrogen) atoms. The van der Waals surface area contributed by atoms with Crippen molar-refractivity contribution >= 4 is 5.78 Å². The maximum Gasteiger partial charge on any atom is 0.166 e. The van der Waals surface area contributed by atoms with Gasteiger partial charge in [-0.25, -0.2) is 0 Å². The lowest BCUT2D eigenvalue weighted by Crippen LogP contribution is -2.32. The predicted octanol–water partition coefficient (Wildman–Crippen LogP) is 4.48. The Morgan fingerprint density at radius 3 is 1.89 bits per heavy atom. The summed E-state index contributed by atoms with van der Waals surface area (Å²) in [6.07, 6.45) is 0. The summed E-state index contributed by atoms with van der Waals surface area (Å²) >= 11 is 0. The van der Waals surface area contributed by atoms with E-state index in [-0.39, 0.29) is 17.1 Å². The highest BCUT2D eigenvalue weighted by Gasteiger charge is 2.33. The lowest BCUT2D eigenvalue weighted by Gasteiger charge is -2.31. The molecule has 0 spiro atoms. The van der Waals surface area contributed by atoms with E-state index in [0.717, 1.165) is 5.56 Å². The van der Waals surface area contributed by atoms with E-state index in [1.54, 1.807) is 0 Å². The Morgan fingerprint density at radius 2 is 1.37 bits per heavy atom. The van der Waals surface area contributed by atoms with Crippen molar-refractivity contribution in [1.29, 1.82) is 0 Å². The number of benzene rings is 2. The zero-order valence-electron chi connectivity index (χ0n) is 11.8. The highest BCUT2D eigenvalue weighted by Crippen LogP contribution is 2.33. The van der Waals surface area contributed by atoms with Gasteiger partial charge in [0.25, 0.3) is 0 Å². The molecule has 1 unspecified atom stereocenters. The Balaban J connectivity index is 2.29. The van der Waals surface area contributed by atoms with Crippen molar-refractivity contribution < 1.29 is 4.79 Å². The predicted molar refractivity (Wildman–Crippen MR) is 79.4 cm³/mol. The van der Waals surface area contributed by atoms with Gasteiger partial charge in [0.2, 0.25) is 0 Å². The molecule has 2 rings (SSSR count). The van der Waals surface area contributed by atoms with Crippen LogP contribution < -0.4 is 0 Å². The molecule has 2 aromatic carbocycles. The van der Waals surface area contributed by atoms with E-state index >= 15 is 0 Å². The molecule has 0 heterocycles. The smallest absolute Gasteiger partial charge is 0.166 e. The van der Waals surface area contributed by atoms with E-state index in [9.17, 15) is 4.79 Å². The van der Waals surface area contributed by atoms with Crippen LogP contribution in [0.25, 0.3) is 0 Å². The van der Waals surface area contributed by atoms with Gasteiger partial charge in [0, 0.05) is 11.5 Å². The van der Waals surface area contributed by atoms with E-state index in [2.05, 4.69) is 26.0 Å². The van der Waals surface area contributed by atoms with E-state index in [1.807, 2.05) is 55.5 Å².